The van der Waals surface area contributed by atoms with E-state index in [4.69, 9.17) is 5.11 Å². The van der Waals surface area contributed by atoms with Crippen LogP contribution in [0.3, 0.4) is 0 Å². The van der Waals surface area contributed by atoms with E-state index in [0.29, 0.717) is 12.6 Å². The first-order chi connectivity index (χ1) is 7.00. The molecule has 0 aromatic rings. The number of rotatable bonds is 6. The van der Waals surface area contributed by atoms with Crippen molar-refractivity contribution in [1.29, 1.82) is 0 Å². The molecule has 1 fully saturated rings. The van der Waals surface area contributed by atoms with Gasteiger partial charge in [0.2, 0.25) is 5.91 Å². The molecule has 0 aromatic heterocycles. The first kappa shape index (κ1) is 12.0. The fourth-order valence-corrected chi connectivity index (χ4v) is 1.09. The van der Waals surface area contributed by atoms with Crippen molar-refractivity contribution < 1.29 is 14.7 Å². The lowest BCUT2D eigenvalue weighted by molar-refractivity contribution is -0.141. The molecule has 0 aliphatic heterocycles. The van der Waals surface area contributed by atoms with Crippen molar-refractivity contribution in [2.24, 2.45) is 5.92 Å². The maximum absolute atomic E-state index is 11.5. The van der Waals surface area contributed by atoms with Crippen LogP contribution in [-0.2, 0) is 9.59 Å². The highest BCUT2D eigenvalue weighted by atomic mass is 16.4. The van der Waals surface area contributed by atoms with E-state index in [9.17, 15) is 9.59 Å². The van der Waals surface area contributed by atoms with Crippen LogP contribution in [0.25, 0.3) is 0 Å². The first-order valence-electron chi connectivity index (χ1n) is 5.27. The highest BCUT2D eigenvalue weighted by Crippen LogP contribution is 2.18. The normalized spacial score (nSPS) is 19.3. The Bertz CT molecular complexity index is 251. The molecule has 0 spiro atoms. The minimum absolute atomic E-state index is 0.0462. The van der Waals surface area contributed by atoms with Crippen molar-refractivity contribution >= 4 is 11.9 Å². The van der Waals surface area contributed by atoms with Crippen molar-refractivity contribution in [2.45, 2.75) is 38.8 Å². The Balaban J connectivity index is 2.18. The molecule has 1 amide bonds. The summed E-state index contributed by atoms with van der Waals surface area (Å²) in [5.74, 6) is -1.37. The maximum atomic E-state index is 11.5. The summed E-state index contributed by atoms with van der Waals surface area (Å²) in [5.41, 5.74) is 0. The van der Waals surface area contributed by atoms with Crippen LogP contribution in [0.5, 0.6) is 0 Å². The molecule has 0 heterocycles. The van der Waals surface area contributed by atoms with Crippen LogP contribution in [-0.4, -0.2) is 35.6 Å². The van der Waals surface area contributed by atoms with Crippen molar-refractivity contribution in [2.75, 3.05) is 6.54 Å². The average Bonchev–Trinajstić information content (AvgIpc) is 2.96. The van der Waals surface area contributed by atoms with E-state index >= 15 is 0 Å². The number of carbonyl (C=O) groups is 2. The van der Waals surface area contributed by atoms with Gasteiger partial charge in [-0.3, -0.25) is 9.59 Å². The minimum atomic E-state index is -0.850. The molecule has 15 heavy (non-hydrogen) atoms. The Labute approximate surface area is 89.2 Å². The van der Waals surface area contributed by atoms with E-state index in [1.165, 1.54) is 0 Å². The molecule has 0 aromatic carbocycles. The lowest BCUT2D eigenvalue weighted by atomic mass is 10.1. The van der Waals surface area contributed by atoms with E-state index in [-0.39, 0.29) is 11.9 Å². The quantitative estimate of drug-likeness (QED) is 0.580. The highest BCUT2D eigenvalue weighted by molar-refractivity contribution is 5.82. The third kappa shape index (κ3) is 4.29. The summed E-state index contributed by atoms with van der Waals surface area (Å²) >= 11 is 0. The molecule has 1 aliphatic carbocycles. The Morgan fingerprint density at radius 3 is 2.47 bits per heavy atom. The van der Waals surface area contributed by atoms with Gasteiger partial charge in [0.1, 0.15) is 0 Å². The standard InChI is InChI=1S/C10H18N2O3/c1-6(10(14)15)5-11-7(2)9(13)12-8-3-4-8/h6-8,11H,3-5H2,1-2H3,(H,12,13)(H,14,15). The van der Waals surface area contributed by atoms with Gasteiger partial charge in [-0.1, -0.05) is 6.92 Å². The van der Waals surface area contributed by atoms with Gasteiger partial charge in [-0.2, -0.15) is 0 Å². The fourth-order valence-electron chi connectivity index (χ4n) is 1.09. The average molecular weight is 214 g/mol. The van der Waals surface area contributed by atoms with Crippen molar-refractivity contribution in [3.63, 3.8) is 0 Å². The first-order valence-corrected chi connectivity index (χ1v) is 5.27. The van der Waals surface area contributed by atoms with Crippen LogP contribution in [0, 0.1) is 5.92 Å². The van der Waals surface area contributed by atoms with Gasteiger partial charge in [0.15, 0.2) is 0 Å². The molecule has 0 saturated heterocycles. The largest absolute Gasteiger partial charge is 0.481 e. The molecule has 5 heteroatoms. The zero-order chi connectivity index (χ0) is 11.4. The van der Waals surface area contributed by atoms with Crippen molar-refractivity contribution in [3.8, 4) is 0 Å². The van der Waals surface area contributed by atoms with Gasteiger partial charge >= 0.3 is 5.97 Å². The van der Waals surface area contributed by atoms with E-state index in [1.54, 1.807) is 13.8 Å². The molecule has 1 rings (SSSR count). The maximum Gasteiger partial charge on any atom is 0.307 e. The number of nitrogens with one attached hydrogen (secondary N) is 2. The lowest BCUT2D eigenvalue weighted by Crippen LogP contribution is -2.45. The summed E-state index contributed by atoms with van der Waals surface area (Å²) in [6.07, 6.45) is 2.12. The smallest absolute Gasteiger partial charge is 0.307 e. The number of carboxylic acids is 1. The molecule has 3 N–H and O–H groups in total. The van der Waals surface area contributed by atoms with Gasteiger partial charge in [0, 0.05) is 12.6 Å². The van der Waals surface area contributed by atoms with Crippen molar-refractivity contribution in [1.82, 2.24) is 10.6 Å². The van der Waals surface area contributed by atoms with Crippen LogP contribution >= 0.6 is 0 Å². The second-order valence-corrected chi connectivity index (χ2v) is 4.15. The summed E-state index contributed by atoms with van der Waals surface area (Å²) in [5, 5.41) is 14.4. The predicted octanol–water partition coefficient (Wildman–Crippen LogP) is -0.0362. The van der Waals surface area contributed by atoms with Gasteiger partial charge in [-0.05, 0) is 19.8 Å². The summed E-state index contributed by atoms with van der Waals surface area (Å²) in [4.78, 5) is 22.0. The van der Waals surface area contributed by atoms with Crippen LogP contribution < -0.4 is 10.6 Å². The molecule has 0 radical (unpaired) electrons. The lowest BCUT2D eigenvalue weighted by Gasteiger charge is -2.15. The monoisotopic (exact) mass is 214 g/mol. The summed E-state index contributed by atoms with van der Waals surface area (Å²) in [7, 11) is 0. The fraction of sp³-hybridized carbons (Fsp3) is 0.800. The zero-order valence-electron chi connectivity index (χ0n) is 9.12. The predicted molar refractivity (Wildman–Crippen MR) is 55.4 cm³/mol. The highest BCUT2D eigenvalue weighted by Gasteiger charge is 2.25. The molecule has 1 aliphatic rings. The van der Waals surface area contributed by atoms with E-state index in [2.05, 4.69) is 10.6 Å². The third-order valence-electron chi connectivity index (χ3n) is 2.47. The Morgan fingerprint density at radius 2 is 2.00 bits per heavy atom. The number of carbonyl (C=O) groups excluding carboxylic acids is 1. The molecular weight excluding hydrogens is 196 g/mol. The third-order valence-corrected chi connectivity index (χ3v) is 2.47. The molecule has 2 unspecified atom stereocenters. The molecule has 5 nitrogen and oxygen atoms in total. The van der Waals surface area contributed by atoms with Gasteiger partial charge in [-0.15, -0.1) is 0 Å². The van der Waals surface area contributed by atoms with Gasteiger partial charge < -0.3 is 15.7 Å². The van der Waals surface area contributed by atoms with Gasteiger partial charge in [0.05, 0.1) is 12.0 Å². The summed E-state index contributed by atoms with van der Waals surface area (Å²) < 4.78 is 0. The summed E-state index contributed by atoms with van der Waals surface area (Å²) in [6.45, 7) is 3.67. The minimum Gasteiger partial charge on any atom is -0.481 e. The number of hydrogen-bond acceptors (Lipinski definition) is 3. The summed E-state index contributed by atoms with van der Waals surface area (Å²) in [6, 6.07) is 0.0195. The molecule has 2 atom stereocenters. The van der Waals surface area contributed by atoms with Gasteiger partial charge in [0.25, 0.3) is 0 Å². The van der Waals surface area contributed by atoms with E-state index < -0.39 is 11.9 Å². The SMILES string of the molecule is CC(CNC(C)C(=O)NC1CC1)C(=O)O. The zero-order valence-corrected chi connectivity index (χ0v) is 9.12. The number of hydrogen-bond donors (Lipinski definition) is 3. The Hall–Kier alpha value is -1.10. The van der Waals surface area contributed by atoms with Crippen molar-refractivity contribution in [3.05, 3.63) is 0 Å². The molecular formula is C10H18N2O3. The second kappa shape index (κ2) is 5.11. The van der Waals surface area contributed by atoms with Gasteiger partial charge in [-0.25, -0.2) is 0 Å². The number of carboxylic acid groups (broad SMARTS) is 1. The number of aliphatic carboxylic acids is 1. The second-order valence-electron chi connectivity index (χ2n) is 4.15. The van der Waals surface area contributed by atoms with Crippen LogP contribution in [0.2, 0.25) is 0 Å². The van der Waals surface area contributed by atoms with Crippen LogP contribution in [0.4, 0.5) is 0 Å². The Morgan fingerprint density at radius 1 is 1.40 bits per heavy atom. The van der Waals surface area contributed by atoms with Crippen LogP contribution in [0.15, 0.2) is 0 Å². The van der Waals surface area contributed by atoms with E-state index in [1.807, 2.05) is 0 Å². The molecule has 1 saturated carbocycles. The van der Waals surface area contributed by atoms with E-state index in [0.717, 1.165) is 12.8 Å². The molecule has 0 bridgehead atoms. The number of amides is 1. The Kier molecular flexibility index (Phi) is 4.08. The topological polar surface area (TPSA) is 78.4 Å². The molecule has 86 valence electrons. The van der Waals surface area contributed by atoms with Crippen LogP contribution in [0.1, 0.15) is 26.7 Å².